The van der Waals surface area contributed by atoms with E-state index in [1.807, 2.05) is 60.7 Å². The van der Waals surface area contributed by atoms with Gasteiger partial charge in [0.25, 0.3) is 0 Å². The molecule has 0 radical (unpaired) electrons. The zero-order valence-electron chi connectivity index (χ0n) is 14.3. The molecule has 0 heterocycles. The van der Waals surface area contributed by atoms with Crippen LogP contribution < -0.4 is 10.2 Å². The summed E-state index contributed by atoms with van der Waals surface area (Å²) in [5.74, 6) is -0.508. The summed E-state index contributed by atoms with van der Waals surface area (Å²) in [7, 11) is 1.31. The minimum Gasteiger partial charge on any atom is -0.465 e. The molecule has 3 rings (SSSR count). The van der Waals surface area contributed by atoms with Crippen LogP contribution in [-0.2, 0) is 4.74 Å². The number of carbonyl (C=O) groups is 2. The average molecular weight is 346 g/mol. The summed E-state index contributed by atoms with van der Waals surface area (Å²) < 4.78 is 4.78. The maximum atomic E-state index is 13.0. The smallest absolute Gasteiger partial charge is 0.339 e. The minimum atomic E-state index is -0.508. The molecule has 0 spiro atoms. The highest BCUT2D eigenvalue weighted by atomic mass is 16.5. The van der Waals surface area contributed by atoms with Crippen molar-refractivity contribution < 1.29 is 14.3 Å². The van der Waals surface area contributed by atoms with E-state index < -0.39 is 5.97 Å². The molecule has 1 N–H and O–H groups in total. The van der Waals surface area contributed by atoms with Crippen LogP contribution in [0.15, 0.2) is 84.9 Å². The van der Waals surface area contributed by atoms with Crippen LogP contribution in [0.25, 0.3) is 0 Å². The summed E-state index contributed by atoms with van der Waals surface area (Å²) in [4.78, 5) is 26.5. The molecule has 0 aliphatic rings. The van der Waals surface area contributed by atoms with E-state index in [0.717, 1.165) is 0 Å². The minimum absolute atomic E-state index is 0.296. The molecular formula is C21H18N2O3. The number of rotatable bonds is 4. The third-order valence-corrected chi connectivity index (χ3v) is 3.81. The molecular weight excluding hydrogens is 328 g/mol. The summed E-state index contributed by atoms with van der Waals surface area (Å²) in [6.07, 6.45) is 0. The van der Waals surface area contributed by atoms with Crippen LogP contribution in [0.5, 0.6) is 0 Å². The predicted octanol–water partition coefficient (Wildman–Crippen LogP) is 4.84. The highest BCUT2D eigenvalue weighted by molar-refractivity contribution is 6.09. The molecule has 0 saturated carbocycles. The van der Waals surface area contributed by atoms with Crippen LogP contribution in [-0.4, -0.2) is 19.1 Å². The van der Waals surface area contributed by atoms with Gasteiger partial charge in [-0.25, -0.2) is 9.59 Å². The highest BCUT2D eigenvalue weighted by Crippen LogP contribution is 2.26. The largest absolute Gasteiger partial charge is 0.465 e. The second-order valence-corrected chi connectivity index (χ2v) is 5.47. The third-order valence-electron chi connectivity index (χ3n) is 3.81. The molecule has 3 aromatic rings. The number of para-hydroxylation sites is 3. The Labute approximate surface area is 151 Å². The Morgan fingerprint density at radius 3 is 1.81 bits per heavy atom. The van der Waals surface area contributed by atoms with Crippen molar-refractivity contribution >= 4 is 29.1 Å². The van der Waals surface area contributed by atoms with E-state index >= 15 is 0 Å². The standard InChI is InChI=1S/C21H18N2O3/c1-26-20(24)18-14-8-9-15-19(18)22-21(25)23(16-10-4-2-5-11-16)17-12-6-3-7-13-17/h2-15H,1H3,(H,22,25). The van der Waals surface area contributed by atoms with E-state index in [-0.39, 0.29) is 6.03 Å². The molecule has 0 saturated heterocycles. The Hall–Kier alpha value is -3.60. The van der Waals surface area contributed by atoms with E-state index in [9.17, 15) is 9.59 Å². The van der Waals surface area contributed by atoms with Crippen LogP contribution in [0.3, 0.4) is 0 Å². The number of methoxy groups -OCH3 is 1. The van der Waals surface area contributed by atoms with Crippen molar-refractivity contribution in [2.75, 3.05) is 17.3 Å². The maximum absolute atomic E-state index is 13.0. The lowest BCUT2D eigenvalue weighted by Crippen LogP contribution is -2.31. The van der Waals surface area contributed by atoms with Gasteiger partial charge in [-0.2, -0.15) is 0 Å². The van der Waals surface area contributed by atoms with Gasteiger partial charge < -0.3 is 10.1 Å². The summed E-state index contributed by atoms with van der Waals surface area (Å²) in [5.41, 5.74) is 2.11. The molecule has 2 amide bonds. The van der Waals surface area contributed by atoms with Gasteiger partial charge in [0.05, 0.1) is 29.7 Å². The van der Waals surface area contributed by atoms with Crippen LogP contribution in [0.1, 0.15) is 10.4 Å². The fourth-order valence-corrected chi connectivity index (χ4v) is 2.59. The van der Waals surface area contributed by atoms with Crippen LogP contribution >= 0.6 is 0 Å². The molecule has 0 bridgehead atoms. The van der Waals surface area contributed by atoms with E-state index in [0.29, 0.717) is 22.6 Å². The topological polar surface area (TPSA) is 58.6 Å². The SMILES string of the molecule is COC(=O)c1ccccc1NC(=O)N(c1ccccc1)c1ccccc1. The number of nitrogens with zero attached hydrogens (tertiary/aromatic N) is 1. The van der Waals surface area contributed by atoms with Crippen molar-refractivity contribution in [1.82, 2.24) is 0 Å². The number of ether oxygens (including phenoxy) is 1. The molecule has 0 unspecified atom stereocenters. The van der Waals surface area contributed by atoms with E-state index in [1.165, 1.54) is 7.11 Å². The van der Waals surface area contributed by atoms with Gasteiger partial charge in [-0.3, -0.25) is 4.90 Å². The summed E-state index contributed by atoms with van der Waals surface area (Å²) in [6, 6.07) is 25.0. The fraction of sp³-hybridized carbons (Fsp3) is 0.0476. The maximum Gasteiger partial charge on any atom is 0.339 e. The molecule has 5 nitrogen and oxygen atoms in total. The quantitative estimate of drug-likeness (QED) is 0.688. The van der Waals surface area contributed by atoms with Crippen molar-refractivity contribution in [3.63, 3.8) is 0 Å². The number of benzene rings is 3. The number of nitrogens with one attached hydrogen (secondary N) is 1. The first-order valence-electron chi connectivity index (χ1n) is 8.09. The van der Waals surface area contributed by atoms with Gasteiger partial charge in [0.1, 0.15) is 0 Å². The number of carbonyl (C=O) groups excluding carboxylic acids is 2. The summed E-state index contributed by atoms with van der Waals surface area (Å²) in [5, 5.41) is 2.81. The molecule has 0 aliphatic carbocycles. The first-order chi connectivity index (χ1) is 12.7. The number of hydrogen-bond acceptors (Lipinski definition) is 3. The lowest BCUT2D eigenvalue weighted by molar-refractivity contribution is 0.0602. The van der Waals surface area contributed by atoms with Crippen molar-refractivity contribution in [1.29, 1.82) is 0 Å². The Bertz CT molecular complexity index is 856. The zero-order valence-corrected chi connectivity index (χ0v) is 14.3. The van der Waals surface area contributed by atoms with Gasteiger partial charge in [-0.15, -0.1) is 0 Å². The average Bonchev–Trinajstić information content (AvgIpc) is 2.69. The van der Waals surface area contributed by atoms with Crippen molar-refractivity contribution in [2.45, 2.75) is 0 Å². The number of esters is 1. The lowest BCUT2D eigenvalue weighted by Gasteiger charge is -2.24. The molecule has 0 aromatic heterocycles. The molecule has 26 heavy (non-hydrogen) atoms. The number of urea groups is 1. The van der Waals surface area contributed by atoms with Crippen LogP contribution in [0.4, 0.5) is 21.9 Å². The molecule has 0 aliphatic heterocycles. The fourth-order valence-electron chi connectivity index (χ4n) is 2.59. The highest BCUT2D eigenvalue weighted by Gasteiger charge is 2.20. The zero-order chi connectivity index (χ0) is 18.4. The third kappa shape index (κ3) is 3.72. The summed E-state index contributed by atoms with van der Waals surface area (Å²) in [6.45, 7) is 0. The Balaban J connectivity index is 1.96. The molecule has 130 valence electrons. The first-order valence-corrected chi connectivity index (χ1v) is 8.09. The molecule has 0 atom stereocenters. The molecule has 3 aromatic carbocycles. The van der Waals surface area contributed by atoms with Gasteiger partial charge in [-0.05, 0) is 36.4 Å². The Kier molecular flexibility index (Phi) is 5.29. The van der Waals surface area contributed by atoms with Crippen LogP contribution in [0, 0.1) is 0 Å². The van der Waals surface area contributed by atoms with Crippen LogP contribution in [0.2, 0.25) is 0 Å². The van der Waals surface area contributed by atoms with Crippen molar-refractivity contribution in [2.24, 2.45) is 0 Å². The lowest BCUT2D eigenvalue weighted by atomic mass is 10.2. The van der Waals surface area contributed by atoms with Crippen molar-refractivity contribution in [3.05, 3.63) is 90.5 Å². The normalized spacial score (nSPS) is 10.0. The van der Waals surface area contributed by atoms with Gasteiger partial charge in [0.15, 0.2) is 0 Å². The van der Waals surface area contributed by atoms with Crippen molar-refractivity contribution in [3.8, 4) is 0 Å². The first kappa shape index (κ1) is 17.2. The number of anilines is 3. The Morgan fingerprint density at radius 2 is 1.27 bits per heavy atom. The Morgan fingerprint density at radius 1 is 0.769 bits per heavy atom. The molecule has 0 fully saturated rings. The van der Waals surface area contributed by atoms with E-state index in [1.54, 1.807) is 29.2 Å². The second kappa shape index (κ2) is 7.98. The monoisotopic (exact) mass is 346 g/mol. The van der Waals surface area contributed by atoms with Gasteiger partial charge in [0, 0.05) is 0 Å². The second-order valence-electron chi connectivity index (χ2n) is 5.47. The van der Waals surface area contributed by atoms with Gasteiger partial charge in [0.2, 0.25) is 0 Å². The van der Waals surface area contributed by atoms with Gasteiger partial charge >= 0.3 is 12.0 Å². The summed E-state index contributed by atoms with van der Waals surface area (Å²) >= 11 is 0. The number of hydrogen-bond donors (Lipinski definition) is 1. The van der Waals surface area contributed by atoms with Gasteiger partial charge in [-0.1, -0.05) is 48.5 Å². The van der Waals surface area contributed by atoms with E-state index in [2.05, 4.69) is 5.32 Å². The molecule has 5 heteroatoms. The van der Waals surface area contributed by atoms with E-state index in [4.69, 9.17) is 4.74 Å². The number of amides is 2. The predicted molar refractivity (Wildman–Crippen MR) is 102 cm³/mol.